The molecule has 3 N–H and O–H groups in total. The Labute approximate surface area is 150 Å². The van der Waals surface area contributed by atoms with Crippen LogP contribution in [0.15, 0.2) is 42.5 Å². The minimum atomic E-state index is -0.674. The SMILES string of the molecule is CC(c1cccc2ccccc12)C1(O)CCCCC1N1CC[C@H](N)C1. The average molecular weight is 338 g/mol. The molecule has 0 spiro atoms. The topological polar surface area (TPSA) is 49.5 Å². The van der Waals surface area contributed by atoms with Gasteiger partial charge in [-0.15, -0.1) is 0 Å². The Morgan fingerprint density at radius 2 is 1.92 bits per heavy atom. The molecule has 1 saturated carbocycles. The fourth-order valence-electron chi connectivity index (χ4n) is 5.16. The molecule has 134 valence electrons. The molecule has 2 aromatic rings. The summed E-state index contributed by atoms with van der Waals surface area (Å²) in [5.41, 5.74) is 6.76. The van der Waals surface area contributed by atoms with E-state index in [0.29, 0.717) is 0 Å². The number of hydrogen-bond donors (Lipinski definition) is 2. The Hall–Kier alpha value is -1.42. The van der Waals surface area contributed by atoms with Crippen molar-refractivity contribution < 1.29 is 5.11 Å². The lowest BCUT2D eigenvalue weighted by atomic mass is 9.69. The predicted octanol–water partition coefficient (Wildman–Crippen LogP) is 3.65. The normalized spacial score (nSPS) is 32.1. The van der Waals surface area contributed by atoms with Gasteiger partial charge in [0.1, 0.15) is 0 Å². The van der Waals surface area contributed by atoms with Crippen LogP contribution in [0.2, 0.25) is 0 Å². The number of likely N-dealkylation sites (tertiary alicyclic amines) is 1. The third kappa shape index (κ3) is 2.99. The zero-order valence-corrected chi connectivity index (χ0v) is 15.2. The van der Waals surface area contributed by atoms with Crippen LogP contribution in [0.3, 0.4) is 0 Å². The van der Waals surface area contributed by atoms with E-state index >= 15 is 0 Å². The molecule has 1 aliphatic heterocycles. The van der Waals surface area contributed by atoms with Crippen LogP contribution in [-0.4, -0.2) is 40.8 Å². The molecule has 3 nitrogen and oxygen atoms in total. The van der Waals surface area contributed by atoms with Gasteiger partial charge in [0.2, 0.25) is 0 Å². The van der Waals surface area contributed by atoms with Gasteiger partial charge in [-0.05, 0) is 35.6 Å². The molecule has 3 unspecified atom stereocenters. The molecule has 3 heteroatoms. The summed E-state index contributed by atoms with van der Waals surface area (Å²) in [5.74, 6) is 0.112. The van der Waals surface area contributed by atoms with Gasteiger partial charge in [0.15, 0.2) is 0 Å². The number of nitrogens with two attached hydrogens (primary N) is 1. The first kappa shape index (κ1) is 17.0. The highest BCUT2D eigenvalue weighted by Gasteiger charge is 2.47. The fraction of sp³-hybridized carbons (Fsp3) is 0.545. The quantitative estimate of drug-likeness (QED) is 0.898. The first-order chi connectivity index (χ1) is 12.1. The summed E-state index contributed by atoms with van der Waals surface area (Å²) in [6.45, 7) is 4.17. The molecule has 1 aliphatic carbocycles. The summed E-state index contributed by atoms with van der Waals surface area (Å²) < 4.78 is 0. The van der Waals surface area contributed by atoms with Gasteiger partial charge in [0.25, 0.3) is 0 Å². The summed E-state index contributed by atoms with van der Waals surface area (Å²) in [4.78, 5) is 2.46. The molecule has 0 radical (unpaired) electrons. The molecule has 2 fully saturated rings. The highest BCUT2D eigenvalue weighted by atomic mass is 16.3. The molecule has 1 heterocycles. The molecule has 1 saturated heterocycles. The first-order valence-electron chi connectivity index (χ1n) is 9.79. The van der Waals surface area contributed by atoms with Gasteiger partial charge in [0, 0.05) is 31.1 Å². The average Bonchev–Trinajstić information content (AvgIpc) is 3.07. The molecule has 4 atom stereocenters. The Morgan fingerprint density at radius 3 is 2.72 bits per heavy atom. The maximum absolute atomic E-state index is 11.9. The Morgan fingerprint density at radius 1 is 1.12 bits per heavy atom. The van der Waals surface area contributed by atoms with Gasteiger partial charge in [-0.3, -0.25) is 4.90 Å². The minimum Gasteiger partial charge on any atom is -0.388 e. The van der Waals surface area contributed by atoms with E-state index in [1.807, 2.05) is 0 Å². The van der Waals surface area contributed by atoms with Crippen LogP contribution < -0.4 is 5.73 Å². The van der Waals surface area contributed by atoms with Crippen LogP contribution >= 0.6 is 0 Å². The number of benzene rings is 2. The third-order valence-electron chi connectivity index (χ3n) is 6.62. The first-order valence-corrected chi connectivity index (χ1v) is 9.79. The van der Waals surface area contributed by atoms with Crippen LogP contribution in [0.25, 0.3) is 10.8 Å². The molecule has 2 aromatic carbocycles. The largest absolute Gasteiger partial charge is 0.388 e. The second-order valence-electron chi connectivity index (χ2n) is 8.09. The molecule has 4 rings (SSSR count). The predicted molar refractivity (Wildman–Crippen MR) is 104 cm³/mol. The van der Waals surface area contributed by atoms with Crippen LogP contribution in [0.1, 0.15) is 50.5 Å². The number of nitrogens with zero attached hydrogens (tertiary/aromatic N) is 1. The van der Waals surface area contributed by atoms with Crippen molar-refractivity contribution in [3.63, 3.8) is 0 Å². The lowest BCUT2D eigenvalue weighted by Crippen LogP contribution is -2.57. The number of hydrogen-bond acceptors (Lipinski definition) is 3. The Bertz CT molecular complexity index is 740. The highest BCUT2D eigenvalue weighted by Crippen LogP contribution is 2.44. The minimum absolute atomic E-state index is 0.112. The lowest BCUT2D eigenvalue weighted by Gasteiger charge is -2.48. The summed E-state index contributed by atoms with van der Waals surface area (Å²) in [6, 6.07) is 15.5. The Kier molecular flexibility index (Phi) is 4.57. The van der Waals surface area contributed by atoms with Crippen LogP contribution in [-0.2, 0) is 0 Å². The lowest BCUT2D eigenvalue weighted by molar-refractivity contribution is -0.0835. The van der Waals surface area contributed by atoms with Crippen molar-refractivity contribution in [2.45, 2.75) is 62.6 Å². The second-order valence-corrected chi connectivity index (χ2v) is 8.09. The van der Waals surface area contributed by atoms with Crippen LogP contribution in [0, 0.1) is 0 Å². The maximum Gasteiger partial charge on any atom is 0.0867 e. The second kappa shape index (κ2) is 6.71. The van der Waals surface area contributed by atoms with E-state index in [0.717, 1.165) is 38.8 Å². The summed E-state index contributed by atoms with van der Waals surface area (Å²) >= 11 is 0. The molecular formula is C22H30N2O. The molecule has 0 amide bonds. The van der Waals surface area contributed by atoms with Gasteiger partial charge in [-0.1, -0.05) is 62.2 Å². The van der Waals surface area contributed by atoms with E-state index in [1.54, 1.807) is 0 Å². The van der Waals surface area contributed by atoms with E-state index in [1.165, 1.54) is 22.8 Å². The molecule has 2 aliphatic rings. The number of aliphatic hydroxyl groups is 1. The maximum atomic E-state index is 11.9. The van der Waals surface area contributed by atoms with E-state index in [4.69, 9.17) is 5.73 Å². The van der Waals surface area contributed by atoms with Crippen molar-refractivity contribution in [3.05, 3.63) is 48.0 Å². The monoisotopic (exact) mass is 338 g/mol. The van der Waals surface area contributed by atoms with Crippen molar-refractivity contribution >= 4 is 10.8 Å². The standard InChI is InChI=1S/C22H30N2O/c1-16(19-10-6-8-17-7-2-3-9-20(17)19)22(25)13-5-4-11-21(22)24-14-12-18(23)15-24/h2-3,6-10,16,18,21,25H,4-5,11-15,23H2,1H3/t16?,18-,21?,22?/m0/s1. The van der Waals surface area contributed by atoms with Crippen molar-refractivity contribution in [2.75, 3.05) is 13.1 Å². The summed E-state index contributed by atoms with van der Waals surface area (Å²) in [5, 5.41) is 14.4. The molecule has 25 heavy (non-hydrogen) atoms. The van der Waals surface area contributed by atoms with Gasteiger partial charge in [-0.2, -0.15) is 0 Å². The zero-order valence-electron chi connectivity index (χ0n) is 15.2. The van der Waals surface area contributed by atoms with Crippen molar-refractivity contribution in [1.82, 2.24) is 4.90 Å². The van der Waals surface area contributed by atoms with Crippen molar-refractivity contribution in [2.24, 2.45) is 5.73 Å². The van der Waals surface area contributed by atoms with Crippen LogP contribution in [0.5, 0.6) is 0 Å². The van der Waals surface area contributed by atoms with E-state index in [2.05, 4.69) is 54.3 Å². The molecule has 0 aromatic heterocycles. The van der Waals surface area contributed by atoms with Gasteiger partial charge < -0.3 is 10.8 Å². The summed E-state index contributed by atoms with van der Waals surface area (Å²) in [6.07, 6.45) is 5.34. The fourth-order valence-corrected chi connectivity index (χ4v) is 5.16. The highest BCUT2D eigenvalue weighted by molar-refractivity contribution is 5.86. The van der Waals surface area contributed by atoms with Crippen LogP contribution in [0.4, 0.5) is 0 Å². The molecular weight excluding hydrogens is 308 g/mol. The summed E-state index contributed by atoms with van der Waals surface area (Å²) in [7, 11) is 0. The van der Waals surface area contributed by atoms with E-state index in [9.17, 15) is 5.11 Å². The van der Waals surface area contributed by atoms with Crippen molar-refractivity contribution in [1.29, 1.82) is 0 Å². The van der Waals surface area contributed by atoms with Gasteiger partial charge in [0.05, 0.1) is 5.60 Å². The Balaban J connectivity index is 1.71. The third-order valence-corrected chi connectivity index (χ3v) is 6.62. The van der Waals surface area contributed by atoms with E-state index in [-0.39, 0.29) is 18.0 Å². The van der Waals surface area contributed by atoms with Gasteiger partial charge >= 0.3 is 0 Å². The number of fused-ring (bicyclic) bond motifs is 1. The number of rotatable bonds is 3. The molecule has 0 bridgehead atoms. The van der Waals surface area contributed by atoms with Gasteiger partial charge in [-0.25, -0.2) is 0 Å². The zero-order chi connectivity index (χ0) is 17.4. The smallest absolute Gasteiger partial charge is 0.0867 e. The van der Waals surface area contributed by atoms with E-state index < -0.39 is 5.60 Å². The van der Waals surface area contributed by atoms with Crippen molar-refractivity contribution in [3.8, 4) is 0 Å².